The molecule has 1 N–H and O–H groups in total. The largest absolute Gasteiger partial charge is 0.474 e. The van der Waals surface area contributed by atoms with Gasteiger partial charge in [0.2, 0.25) is 0 Å². The van der Waals surface area contributed by atoms with Crippen LogP contribution < -0.4 is 0 Å². The van der Waals surface area contributed by atoms with Crippen LogP contribution in [-0.4, -0.2) is 32.7 Å². The van der Waals surface area contributed by atoms with Crippen molar-refractivity contribution in [2.24, 2.45) is 0 Å². The Kier molecular flexibility index (Phi) is 2.68. The molecule has 0 unspecified atom stereocenters. The summed E-state index contributed by atoms with van der Waals surface area (Å²) in [6, 6.07) is 0. The maximum Gasteiger partial charge on any atom is 0.394 e. The van der Waals surface area contributed by atoms with Gasteiger partial charge in [0, 0.05) is 5.41 Å². The monoisotopic (exact) mass is 228 g/mol. The van der Waals surface area contributed by atoms with Gasteiger partial charge < -0.3 is 9.63 Å². The summed E-state index contributed by atoms with van der Waals surface area (Å²) in [5.74, 6) is 1.17. The van der Waals surface area contributed by atoms with Gasteiger partial charge in [0.1, 0.15) is 0 Å². The summed E-state index contributed by atoms with van der Waals surface area (Å²) in [6.07, 6.45) is 1.94. The van der Waals surface area contributed by atoms with E-state index in [2.05, 4.69) is 21.6 Å². The molecule has 2 rings (SSSR count). The highest BCUT2D eigenvalue weighted by molar-refractivity contribution is 7.99. The highest BCUT2D eigenvalue weighted by Gasteiger charge is 2.34. The smallest absolute Gasteiger partial charge is 0.394 e. The maximum atomic E-state index is 10.6. The van der Waals surface area contributed by atoms with Gasteiger partial charge in [-0.15, -0.1) is 0 Å². The quantitative estimate of drug-likeness (QED) is 0.827. The average Bonchev–Trinajstić information content (AvgIpc) is 2.68. The van der Waals surface area contributed by atoms with Crippen LogP contribution in [-0.2, 0) is 5.41 Å². The number of rotatable bonds is 2. The van der Waals surface area contributed by atoms with E-state index in [1.54, 1.807) is 0 Å². The van der Waals surface area contributed by atoms with Gasteiger partial charge in [0.25, 0.3) is 0 Å². The van der Waals surface area contributed by atoms with Gasteiger partial charge in [-0.3, -0.25) is 0 Å². The molecule has 15 heavy (non-hydrogen) atoms. The number of thioether (sulfide) groups is 1. The molecule has 1 aromatic rings. The molecule has 82 valence electrons. The van der Waals surface area contributed by atoms with E-state index in [-0.39, 0.29) is 11.3 Å². The topological polar surface area (TPSA) is 76.2 Å². The van der Waals surface area contributed by atoms with Gasteiger partial charge in [-0.1, -0.05) is 12.1 Å². The predicted molar refractivity (Wildman–Crippen MR) is 55.2 cm³/mol. The van der Waals surface area contributed by atoms with Crippen molar-refractivity contribution in [2.45, 2.75) is 25.2 Å². The summed E-state index contributed by atoms with van der Waals surface area (Å²) in [5, 5.41) is 12.4. The van der Waals surface area contributed by atoms with E-state index >= 15 is 0 Å². The van der Waals surface area contributed by atoms with E-state index in [0.717, 1.165) is 24.3 Å². The van der Waals surface area contributed by atoms with Crippen molar-refractivity contribution in [2.75, 3.05) is 11.5 Å². The second kappa shape index (κ2) is 3.84. The third kappa shape index (κ3) is 1.99. The van der Waals surface area contributed by atoms with Crippen LogP contribution in [0.1, 0.15) is 36.3 Å². The lowest BCUT2D eigenvalue weighted by molar-refractivity contribution is 0.0643. The van der Waals surface area contributed by atoms with Gasteiger partial charge in [-0.05, 0) is 24.3 Å². The van der Waals surface area contributed by atoms with Crippen LogP contribution in [0.25, 0.3) is 0 Å². The van der Waals surface area contributed by atoms with E-state index in [4.69, 9.17) is 5.11 Å². The Morgan fingerprint density at radius 3 is 2.73 bits per heavy atom. The van der Waals surface area contributed by atoms with E-state index < -0.39 is 5.97 Å². The molecule has 1 aliphatic heterocycles. The van der Waals surface area contributed by atoms with E-state index in [1.807, 2.05) is 11.8 Å². The number of hydrogen-bond acceptors (Lipinski definition) is 5. The molecule has 0 spiro atoms. The van der Waals surface area contributed by atoms with Gasteiger partial charge in [0.15, 0.2) is 5.82 Å². The second-order valence-electron chi connectivity index (χ2n) is 3.90. The third-order valence-corrected chi connectivity index (χ3v) is 3.73. The summed E-state index contributed by atoms with van der Waals surface area (Å²) in [7, 11) is 0. The van der Waals surface area contributed by atoms with E-state index in [9.17, 15) is 4.79 Å². The summed E-state index contributed by atoms with van der Waals surface area (Å²) in [6.45, 7) is 2.06. The lowest BCUT2D eigenvalue weighted by Gasteiger charge is -2.29. The molecule has 0 amide bonds. The van der Waals surface area contributed by atoms with Crippen LogP contribution in [0.2, 0.25) is 0 Å². The summed E-state index contributed by atoms with van der Waals surface area (Å²) < 4.78 is 4.68. The van der Waals surface area contributed by atoms with Gasteiger partial charge in [0.05, 0.1) is 0 Å². The molecule has 0 aliphatic carbocycles. The van der Waals surface area contributed by atoms with Crippen molar-refractivity contribution in [3.63, 3.8) is 0 Å². The minimum absolute atomic E-state index is 0.123. The molecule has 1 saturated heterocycles. The predicted octanol–water partition coefficient (Wildman–Crippen LogP) is 1.55. The first-order chi connectivity index (χ1) is 7.12. The SMILES string of the molecule is CC1(c2noc(C(=O)O)n2)CCSCC1. The molecular formula is C9H12N2O3S. The fraction of sp³-hybridized carbons (Fsp3) is 0.667. The number of hydrogen-bond donors (Lipinski definition) is 1. The number of aromatic carboxylic acids is 1. The standard InChI is InChI=1S/C9H12N2O3S/c1-9(2-4-15-5-3-9)8-10-6(7(12)13)14-11-8/h2-5H2,1H3,(H,12,13). The zero-order valence-electron chi connectivity index (χ0n) is 8.39. The Hall–Kier alpha value is -1.04. The van der Waals surface area contributed by atoms with Crippen molar-refractivity contribution in [1.82, 2.24) is 10.1 Å². The van der Waals surface area contributed by atoms with Crippen molar-refractivity contribution in [3.8, 4) is 0 Å². The molecule has 0 aromatic carbocycles. The molecule has 1 aliphatic rings. The van der Waals surface area contributed by atoms with Crippen molar-refractivity contribution < 1.29 is 14.4 Å². The number of carboxylic acid groups (broad SMARTS) is 1. The Balaban J connectivity index is 2.23. The highest BCUT2D eigenvalue weighted by Crippen LogP contribution is 2.36. The molecular weight excluding hydrogens is 216 g/mol. The summed E-state index contributed by atoms with van der Waals surface area (Å²) in [4.78, 5) is 14.5. The first kappa shape index (κ1) is 10.5. The minimum atomic E-state index is -1.16. The second-order valence-corrected chi connectivity index (χ2v) is 5.13. The lowest BCUT2D eigenvalue weighted by atomic mass is 9.83. The zero-order chi connectivity index (χ0) is 10.9. The van der Waals surface area contributed by atoms with Crippen LogP contribution in [0, 0.1) is 0 Å². The summed E-state index contributed by atoms with van der Waals surface area (Å²) in [5.41, 5.74) is -0.123. The van der Waals surface area contributed by atoms with Crippen molar-refractivity contribution in [3.05, 3.63) is 11.7 Å². The Morgan fingerprint density at radius 2 is 2.20 bits per heavy atom. The number of aromatic nitrogens is 2. The van der Waals surface area contributed by atoms with Crippen LogP contribution >= 0.6 is 11.8 Å². The fourth-order valence-electron chi connectivity index (χ4n) is 1.60. The molecule has 1 fully saturated rings. The molecule has 5 nitrogen and oxygen atoms in total. The van der Waals surface area contributed by atoms with Gasteiger partial charge in [-0.25, -0.2) is 4.79 Å². The Bertz CT molecular complexity index is 371. The van der Waals surface area contributed by atoms with E-state index in [1.165, 1.54) is 0 Å². The molecule has 0 saturated carbocycles. The van der Waals surface area contributed by atoms with Crippen LogP contribution in [0.5, 0.6) is 0 Å². The molecule has 1 aromatic heterocycles. The van der Waals surface area contributed by atoms with Gasteiger partial charge in [-0.2, -0.15) is 16.7 Å². The number of carbonyl (C=O) groups is 1. The molecule has 0 atom stereocenters. The van der Waals surface area contributed by atoms with Crippen LogP contribution in [0.15, 0.2) is 4.52 Å². The third-order valence-electron chi connectivity index (χ3n) is 2.75. The average molecular weight is 228 g/mol. The Morgan fingerprint density at radius 1 is 1.53 bits per heavy atom. The molecule has 2 heterocycles. The lowest BCUT2D eigenvalue weighted by Crippen LogP contribution is -2.28. The first-order valence-electron chi connectivity index (χ1n) is 4.77. The van der Waals surface area contributed by atoms with Crippen molar-refractivity contribution in [1.29, 1.82) is 0 Å². The molecule has 0 radical (unpaired) electrons. The zero-order valence-corrected chi connectivity index (χ0v) is 9.21. The molecule has 6 heteroatoms. The Labute approximate surface area is 91.2 Å². The normalized spacial score (nSPS) is 20.1. The van der Waals surface area contributed by atoms with Crippen LogP contribution in [0.3, 0.4) is 0 Å². The number of carboxylic acids is 1. The van der Waals surface area contributed by atoms with E-state index in [0.29, 0.717) is 5.82 Å². The molecule has 0 bridgehead atoms. The maximum absolute atomic E-state index is 10.6. The van der Waals surface area contributed by atoms with Crippen molar-refractivity contribution >= 4 is 17.7 Å². The highest BCUT2D eigenvalue weighted by atomic mass is 32.2. The van der Waals surface area contributed by atoms with Gasteiger partial charge >= 0.3 is 11.9 Å². The summed E-state index contributed by atoms with van der Waals surface area (Å²) >= 11 is 1.90. The number of nitrogens with zero attached hydrogens (tertiary/aromatic N) is 2. The van der Waals surface area contributed by atoms with Crippen LogP contribution in [0.4, 0.5) is 0 Å². The minimum Gasteiger partial charge on any atom is -0.474 e. The fourth-order valence-corrected chi connectivity index (χ4v) is 2.99. The first-order valence-corrected chi connectivity index (χ1v) is 5.92.